The molecule has 0 heterocycles. The Morgan fingerprint density at radius 3 is 3.00 bits per heavy atom. The molecule has 1 fully saturated rings. The number of carbonyl (C=O) groups is 1. The molecule has 2 N–H and O–H groups in total. The van der Waals surface area contributed by atoms with E-state index in [2.05, 4.69) is 41.8 Å². The summed E-state index contributed by atoms with van der Waals surface area (Å²) in [6.07, 6.45) is 7.23. The molecule has 1 aromatic carbocycles. The third kappa shape index (κ3) is 2.63. The van der Waals surface area contributed by atoms with Gasteiger partial charge in [-0.15, -0.1) is 0 Å². The zero-order valence-corrected chi connectivity index (χ0v) is 12.1. The number of benzene rings is 1. The van der Waals surface area contributed by atoms with Crippen molar-refractivity contribution in [2.45, 2.75) is 38.8 Å². The van der Waals surface area contributed by atoms with Crippen LogP contribution in [-0.2, 0) is 4.79 Å². The van der Waals surface area contributed by atoms with E-state index in [0.717, 1.165) is 17.5 Å². The molecule has 0 aliphatic heterocycles. The lowest BCUT2D eigenvalue weighted by molar-refractivity contribution is -0.114. The second-order valence-corrected chi connectivity index (χ2v) is 6.04. The standard InChI is InChI=1S/C17H22N2O/c1-11(18-17-10-14-6-4-8-16(14)17)13-5-3-7-15(9-13)19-12(2)20/h3-5,7-9,11,14,16-18H,6,10H2,1-2H3,(H,19,20). The number of anilines is 1. The summed E-state index contributed by atoms with van der Waals surface area (Å²) in [5, 5.41) is 6.56. The van der Waals surface area contributed by atoms with E-state index in [1.165, 1.54) is 25.3 Å². The quantitative estimate of drug-likeness (QED) is 0.825. The number of rotatable bonds is 4. The maximum absolute atomic E-state index is 11.1. The van der Waals surface area contributed by atoms with Crippen LogP contribution >= 0.6 is 0 Å². The Hall–Kier alpha value is -1.61. The minimum Gasteiger partial charge on any atom is -0.326 e. The number of nitrogens with one attached hydrogen (secondary N) is 2. The Kier molecular flexibility index (Phi) is 3.62. The molecule has 0 bridgehead atoms. The molecular formula is C17H22N2O. The van der Waals surface area contributed by atoms with Gasteiger partial charge in [0, 0.05) is 24.7 Å². The largest absolute Gasteiger partial charge is 0.326 e. The van der Waals surface area contributed by atoms with E-state index in [0.29, 0.717) is 12.1 Å². The number of hydrogen-bond acceptors (Lipinski definition) is 2. The molecule has 20 heavy (non-hydrogen) atoms. The average molecular weight is 270 g/mol. The van der Waals surface area contributed by atoms with Crippen LogP contribution in [0.5, 0.6) is 0 Å². The normalized spacial score (nSPS) is 28.6. The first-order chi connectivity index (χ1) is 9.63. The van der Waals surface area contributed by atoms with Crippen molar-refractivity contribution in [1.29, 1.82) is 0 Å². The number of fused-ring (bicyclic) bond motifs is 1. The van der Waals surface area contributed by atoms with Crippen LogP contribution in [0.1, 0.15) is 38.3 Å². The number of hydrogen-bond donors (Lipinski definition) is 2. The zero-order chi connectivity index (χ0) is 14.1. The van der Waals surface area contributed by atoms with Gasteiger partial charge in [0.05, 0.1) is 0 Å². The summed E-state index contributed by atoms with van der Waals surface area (Å²) in [5.74, 6) is 1.59. The minimum atomic E-state index is -0.0271. The van der Waals surface area contributed by atoms with Gasteiger partial charge in [0.1, 0.15) is 0 Å². The van der Waals surface area contributed by atoms with E-state index < -0.39 is 0 Å². The Labute approximate surface area is 120 Å². The molecule has 1 saturated carbocycles. The van der Waals surface area contributed by atoms with Gasteiger partial charge in [-0.2, -0.15) is 0 Å². The molecule has 3 nitrogen and oxygen atoms in total. The molecule has 1 aromatic rings. The lowest BCUT2D eigenvalue weighted by Crippen LogP contribution is -2.48. The monoisotopic (exact) mass is 270 g/mol. The topological polar surface area (TPSA) is 41.1 Å². The van der Waals surface area contributed by atoms with Crippen LogP contribution < -0.4 is 10.6 Å². The second-order valence-electron chi connectivity index (χ2n) is 6.04. The fourth-order valence-corrected chi connectivity index (χ4v) is 3.41. The van der Waals surface area contributed by atoms with Gasteiger partial charge in [0.2, 0.25) is 5.91 Å². The minimum absolute atomic E-state index is 0.0271. The van der Waals surface area contributed by atoms with Crippen molar-refractivity contribution in [3.63, 3.8) is 0 Å². The first kappa shape index (κ1) is 13.4. The number of carbonyl (C=O) groups excluding carboxylic acids is 1. The molecule has 3 heteroatoms. The van der Waals surface area contributed by atoms with Gasteiger partial charge >= 0.3 is 0 Å². The highest BCUT2D eigenvalue weighted by Gasteiger charge is 2.41. The first-order valence-corrected chi connectivity index (χ1v) is 7.44. The molecule has 0 radical (unpaired) electrons. The predicted molar refractivity (Wildman–Crippen MR) is 81.4 cm³/mol. The lowest BCUT2D eigenvalue weighted by Gasteiger charge is -2.42. The van der Waals surface area contributed by atoms with Gasteiger partial charge in [-0.25, -0.2) is 0 Å². The van der Waals surface area contributed by atoms with E-state index in [-0.39, 0.29) is 5.91 Å². The molecule has 3 rings (SSSR count). The van der Waals surface area contributed by atoms with Crippen LogP contribution in [0.25, 0.3) is 0 Å². The third-order valence-electron chi connectivity index (χ3n) is 4.53. The fourth-order valence-electron chi connectivity index (χ4n) is 3.41. The van der Waals surface area contributed by atoms with E-state index >= 15 is 0 Å². The van der Waals surface area contributed by atoms with Gasteiger partial charge in [-0.1, -0.05) is 24.3 Å². The van der Waals surface area contributed by atoms with Crippen molar-refractivity contribution in [3.05, 3.63) is 42.0 Å². The molecule has 4 unspecified atom stereocenters. The maximum atomic E-state index is 11.1. The van der Waals surface area contributed by atoms with Crippen LogP contribution in [-0.4, -0.2) is 11.9 Å². The van der Waals surface area contributed by atoms with Crippen molar-refractivity contribution >= 4 is 11.6 Å². The van der Waals surface area contributed by atoms with Gasteiger partial charge in [0.25, 0.3) is 0 Å². The molecule has 4 atom stereocenters. The fraction of sp³-hybridized carbons (Fsp3) is 0.471. The van der Waals surface area contributed by atoms with E-state index in [1.807, 2.05) is 12.1 Å². The molecule has 2 aliphatic rings. The van der Waals surface area contributed by atoms with Crippen LogP contribution in [0.15, 0.2) is 36.4 Å². The average Bonchev–Trinajstić information content (AvgIpc) is 2.76. The molecule has 0 saturated heterocycles. The van der Waals surface area contributed by atoms with E-state index in [1.54, 1.807) is 0 Å². The molecule has 106 valence electrons. The summed E-state index contributed by atoms with van der Waals surface area (Å²) >= 11 is 0. The Balaban J connectivity index is 1.63. The highest BCUT2D eigenvalue weighted by atomic mass is 16.1. The van der Waals surface area contributed by atoms with Gasteiger partial charge in [-0.3, -0.25) is 4.79 Å². The van der Waals surface area contributed by atoms with E-state index in [9.17, 15) is 4.79 Å². The number of amides is 1. The van der Waals surface area contributed by atoms with Crippen LogP contribution in [0.2, 0.25) is 0 Å². The summed E-state index contributed by atoms with van der Waals surface area (Å²) in [7, 11) is 0. The second kappa shape index (κ2) is 5.41. The van der Waals surface area contributed by atoms with Crippen molar-refractivity contribution in [1.82, 2.24) is 5.32 Å². The summed E-state index contributed by atoms with van der Waals surface area (Å²) in [4.78, 5) is 11.1. The van der Waals surface area contributed by atoms with E-state index in [4.69, 9.17) is 0 Å². The van der Waals surface area contributed by atoms with Gasteiger partial charge in [-0.05, 0) is 49.3 Å². The Morgan fingerprint density at radius 1 is 1.40 bits per heavy atom. The Morgan fingerprint density at radius 2 is 2.25 bits per heavy atom. The maximum Gasteiger partial charge on any atom is 0.221 e. The molecule has 0 aromatic heterocycles. The summed E-state index contributed by atoms with van der Waals surface area (Å²) in [6.45, 7) is 3.73. The van der Waals surface area contributed by atoms with Crippen molar-refractivity contribution < 1.29 is 4.79 Å². The summed E-state index contributed by atoms with van der Waals surface area (Å²) in [6, 6.07) is 9.01. The van der Waals surface area contributed by atoms with Gasteiger partial charge in [0.15, 0.2) is 0 Å². The smallest absolute Gasteiger partial charge is 0.221 e. The summed E-state index contributed by atoms with van der Waals surface area (Å²) < 4.78 is 0. The number of allylic oxidation sites excluding steroid dienone is 1. The third-order valence-corrected chi connectivity index (χ3v) is 4.53. The lowest BCUT2D eigenvalue weighted by atomic mass is 9.71. The van der Waals surface area contributed by atoms with Gasteiger partial charge < -0.3 is 10.6 Å². The van der Waals surface area contributed by atoms with Crippen molar-refractivity contribution in [3.8, 4) is 0 Å². The summed E-state index contributed by atoms with van der Waals surface area (Å²) in [5.41, 5.74) is 2.09. The molecule has 1 amide bonds. The molecular weight excluding hydrogens is 248 g/mol. The van der Waals surface area contributed by atoms with Crippen molar-refractivity contribution in [2.75, 3.05) is 5.32 Å². The van der Waals surface area contributed by atoms with Crippen LogP contribution in [0.4, 0.5) is 5.69 Å². The molecule has 2 aliphatic carbocycles. The highest BCUT2D eigenvalue weighted by molar-refractivity contribution is 5.88. The van der Waals surface area contributed by atoms with Crippen molar-refractivity contribution in [2.24, 2.45) is 11.8 Å². The predicted octanol–water partition coefficient (Wildman–Crippen LogP) is 3.26. The first-order valence-electron chi connectivity index (χ1n) is 7.44. The van der Waals surface area contributed by atoms with Crippen LogP contribution in [0, 0.1) is 11.8 Å². The zero-order valence-electron chi connectivity index (χ0n) is 12.1. The SMILES string of the molecule is CC(=O)Nc1cccc(C(C)NC2CC3CC=CC32)c1. The Bertz CT molecular complexity index is 538. The highest BCUT2D eigenvalue weighted by Crippen LogP contribution is 2.43. The van der Waals surface area contributed by atoms with Crippen LogP contribution in [0.3, 0.4) is 0 Å². The molecule has 0 spiro atoms.